The number of nitrogens with zero attached hydrogens (tertiary/aromatic N) is 3. The van der Waals surface area contributed by atoms with E-state index < -0.39 is 5.97 Å². The topological polar surface area (TPSA) is 79.5 Å². The number of aliphatic carboxylic acids is 1. The minimum Gasteiger partial charge on any atom is -0.481 e. The van der Waals surface area contributed by atoms with Crippen molar-refractivity contribution in [1.29, 1.82) is 0 Å². The Morgan fingerprint density at radius 2 is 2.28 bits per heavy atom. The fraction of sp³-hybridized carbons (Fsp3) is 0.417. The lowest BCUT2D eigenvalue weighted by Crippen LogP contribution is -2.09. The lowest BCUT2D eigenvalue weighted by molar-refractivity contribution is -0.136. The van der Waals surface area contributed by atoms with Crippen LogP contribution in [0.4, 0.5) is 5.82 Å². The van der Waals surface area contributed by atoms with E-state index in [1.165, 1.54) is 0 Å². The zero-order valence-corrected chi connectivity index (χ0v) is 10.5. The second kappa shape index (κ2) is 5.03. The molecule has 0 saturated heterocycles. The van der Waals surface area contributed by atoms with E-state index >= 15 is 0 Å². The van der Waals surface area contributed by atoms with Crippen molar-refractivity contribution in [1.82, 2.24) is 14.6 Å². The molecule has 0 spiro atoms. The molecular formula is C12H16N4O2. The first kappa shape index (κ1) is 12.3. The Balaban J connectivity index is 2.42. The molecule has 0 unspecified atom stereocenters. The molecule has 0 aliphatic heterocycles. The summed E-state index contributed by atoms with van der Waals surface area (Å²) in [6.45, 7) is 4.70. The Hall–Kier alpha value is -2.11. The van der Waals surface area contributed by atoms with Gasteiger partial charge in [-0.2, -0.15) is 0 Å². The fourth-order valence-corrected chi connectivity index (χ4v) is 1.78. The lowest BCUT2D eigenvalue weighted by Gasteiger charge is -2.05. The predicted molar refractivity (Wildman–Crippen MR) is 67.8 cm³/mol. The third kappa shape index (κ3) is 2.42. The Morgan fingerprint density at radius 1 is 1.50 bits per heavy atom. The van der Waals surface area contributed by atoms with Crippen molar-refractivity contribution >= 4 is 17.4 Å². The number of imidazole rings is 1. The molecule has 0 aliphatic rings. The fourth-order valence-electron chi connectivity index (χ4n) is 1.78. The number of fused-ring (bicyclic) bond motifs is 1. The van der Waals surface area contributed by atoms with Crippen LogP contribution in [0.25, 0.3) is 5.65 Å². The van der Waals surface area contributed by atoms with Gasteiger partial charge in [0.15, 0.2) is 5.65 Å². The van der Waals surface area contributed by atoms with Gasteiger partial charge >= 0.3 is 5.97 Å². The molecule has 18 heavy (non-hydrogen) atoms. The van der Waals surface area contributed by atoms with Gasteiger partial charge in [0.25, 0.3) is 0 Å². The summed E-state index contributed by atoms with van der Waals surface area (Å²) >= 11 is 0. The lowest BCUT2D eigenvalue weighted by atomic mass is 10.3. The summed E-state index contributed by atoms with van der Waals surface area (Å²) in [6.07, 6.45) is 0.932. The van der Waals surface area contributed by atoms with Crippen LogP contribution >= 0.6 is 0 Å². The minimum atomic E-state index is -0.881. The quantitative estimate of drug-likeness (QED) is 0.838. The van der Waals surface area contributed by atoms with E-state index in [1.807, 2.05) is 12.1 Å². The molecule has 2 N–H and O–H groups in total. The number of rotatable bonds is 5. The smallest absolute Gasteiger partial charge is 0.309 e. The Bertz CT molecular complexity index is 577. The monoisotopic (exact) mass is 248 g/mol. The van der Waals surface area contributed by atoms with Gasteiger partial charge in [0.05, 0.1) is 17.8 Å². The van der Waals surface area contributed by atoms with Crippen molar-refractivity contribution < 1.29 is 9.90 Å². The van der Waals surface area contributed by atoms with Gasteiger partial charge in [-0.25, -0.2) is 9.50 Å². The highest BCUT2D eigenvalue weighted by molar-refractivity contribution is 5.70. The van der Waals surface area contributed by atoms with Gasteiger partial charge in [0, 0.05) is 6.54 Å². The summed E-state index contributed by atoms with van der Waals surface area (Å²) < 4.78 is 1.60. The van der Waals surface area contributed by atoms with E-state index in [4.69, 9.17) is 5.11 Å². The van der Waals surface area contributed by atoms with Crippen molar-refractivity contribution in [3.63, 3.8) is 0 Å². The summed E-state index contributed by atoms with van der Waals surface area (Å²) in [7, 11) is 0. The minimum absolute atomic E-state index is 0.0722. The second-order valence-corrected chi connectivity index (χ2v) is 4.13. The van der Waals surface area contributed by atoms with E-state index in [0.29, 0.717) is 17.0 Å². The van der Waals surface area contributed by atoms with Gasteiger partial charge in [0.1, 0.15) is 5.82 Å². The Morgan fingerprint density at radius 3 is 2.94 bits per heavy atom. The molecule has 0 bridgehead atoms. The first-order valence-corrected chi connectivity index (χ1v) is 5.92. The van der Waals surface area contributed by atoms with Crippen LogP contribution in [-0.4, -0.2) is 32.2 Å². The number of hydrogen-bond donors (Lipinski definition) is 2. The maximum absolute atomic E-state index is 10.8. The van der Waals surface area contributed by atoms with Gasteiger partial charge in [-0.15, -0.1) is 5.10 Å². The number of anilines is 1. The number of carbonyl (C=O) groups is 1. The number of nitrogens with one attached hydrogen (secondary N) is 1. The molecule has 2 heterocycles. The first-order valence-electron chi connectivity index (χ1n) is 5.92. The van der Waals surface area contributed by atoms with E-state index in [0.717, 1.165) is 18.8 Å². The third-order valence-electron chi connectivity index (χ3n) is 2.65. The van der Waals surface area contributed by atoms with Gasteiger partial charge < -0.3 is 10.4 Å². The number of carboxylic acids is 1. The maximum Gasteiger partial charge on any atom is 0.309 e. The van der Waals surface area contributed by atoms with Gasteiger partial charge in [0.2, 0.25) is 0 Å². The van der Waals surface area contributed by atoms with E-state index in [9.17, 15) is 4.79 Å². The summed E-state index contributed by atoms with van der Waals surface area (Å²) in [4.78, 5) is 15.1. The standard InChI is InChI=1S/C12H16N4O2/c1-3-6-13-10-4-5-11-14-8(2)9(7-12(17)18)16(11)15-10/h4-5H,3,6-7H2,1-2H3,(H,13,15)(H,17,18). The van der Waals surface area contributed by atoms with Crippen LogP contribution in [0.15, 0.2) is 12.1 Å². The van der Waals surface area contributed by atoms with Crippen molar-refractivity contribution in [2.24, 2.45) is 0 Å². The summed E-state index contributed by atoms with van der Waals surface area (Å²) in [5, 5.41) is 16.4. The van der Waals surface area contributed by atoms with Gasteiger partial charge in [-0.1, -0.05) is 6.92 Å². The van der Waals surface area contributed by atoms with Crippen LogP contribution in [0.5, 0.6) is 0 Å². The molecular weight excluding hydrogens is 232 g/mol. The average Bonchev–Trinajstić information content (AvgIpc) is 2.63. The highest BCUT2D eigenvalue weighted by atomic mass is 16.4. The zero-order valence-electron chi connectivity index (χ0n) is 10.5. The van der Waals surface area contributed by atoms with Crippen molar-refractivity contribution in [2.75, 3.05) is 11.9 Å². The highest BCUT2D eigenvalue weighted by Gasteiger charge is 2.13. The van der Waals surface area contributed by atoms with Crippen LogP contribution in [0.2, 0.25) is 0 Å². The van der Waals surface area contributed by atoms with Gasteiger partial charge in [-0.05, 0) is 25.5 Å². The summed E-state index contributed by atoms with van der Waals surface area (Å²) in [6, 6.07) is 3.69. The maximum atomic E-state index is 10.8. The molecule has 6 heteroatoms. The summed E-state index contributed by atoms with van der Waals surface area (Å²) in [5.41, 5.74) is 2.00. The number of aromatic nitrogens is 3. The van der Waals surface area contributed by atoms with Crippen LogP contribution in [0, 0.1) is 6.92 Å². The normalized spacial score (nSPS) is 10.8. The number of hydrogen-bond acceptors (Lipinski definition) is 4. The van der Waals surface area contributed by atoms with Crippen LogP contribution < -0.4 is 5.32 Å². The van der Waals surface area contributed by atoms with Crippen molar-refractivity contribution in [3.8, 4) is 0 Å². The van der Waals surface area contributed by atoms with Crippen molar-refractivity contribution in [2.45, 2.75) is 26.7 Å². The SMILES string of the molecule is CCCNc1ccc2nc(C)c(CC(=O)O)n2n1. The molecule has 2 aromatic rings. The Kier molecular flexibility index (Phi) is 3.45. The molecule has 0 aromatic carbocycles. The van der Waals surface area contributed by atoms with E-state index in [1.54, 1.807) is 11.4 Å². The zero-order chi connectivity index (χ0) is 13.1. The molecule has 0 saturated carbocycles. The molecule has 0 fully saturated rings. The molecule has 2 aromatic heterocycles. The first-order chi connectivity index (χ1) is 8.61. The third-order valence-corrected chi connectivity index (χ3v) is 2.65. The average molecular weight is 248 g/mol. The number of aryl methyl sites for hydroxylation is 1. The largest absolute Gasteiger partial charge is 0.481 e. The second-order valence-electron chi connectivity index (χ2n) is 4.13. The van der Waals surface area contributed by atoms with Crippen LogP contribution in [-0.2, 0) is 11.2 Å². The molecule has 2 rings (SSSR count). The molecule has 0 atom stereocenters. The van der Waals surface area contributed by atoms with E-state index in [2.05, 4.69) is 22.3 Å². The molecule has 0 aliphatic carbocycles. The molecule has 96 valence electrons. The molecule has 0 radical (unpaired) electrons. The summed E-state index contributed by atoms with van der Waals surface area (Å²) in [5.74, 6) is -0.151. The van der Waals surface area contributed by atoms with E-state index in [-0.39, 0.29) is 6.42 Å². The van der Waals surface area contributed by atoms with Crippen LogP contribution in [0.1, 0.15) is 24.7 Å². The molecule has 0 amide bonds. The Labute approximate surface area is 105 Å². The van der Waals surface area contributed by atoms with Gasteiger partial charge in [-0.3, -0.25) is 4.79 Å². The molecule has 6 nitrogen and oxygen atoms in total. The van der Waals surface area contributed by atoms with Crippen LogP contribution in [0.3, 0.4) is 0 Å². The van der Waals surface area contributed by atoms with Crippen molar-refractivity contribution in [3.05, 3.63) is 23.5 Å². The highest BCUT2D eigenvalue weighted by Crippen LogP contribution is 2.13. The number of carboxylic acid groups (broad SMARTS) is 1. The predicted octanol–water partition coefficient (Wildman–Crippen LogP) is 1.49.